The summed E-state index contributed by atoms with van der Waals surface area (Å²) in [5.74, 6) is 2.37. The quantitative estimate of drug-likeness (QED) is 0.881. The zero-order valence-electron chi connectivity index (χ0n) is 10.9. The lowest BCUT2D eigenvalue weighted by molar-refractivity contribution is 0.536. The van der Waals surface area contributed by atoms with Crippen LogP contribution in [0.3, 0.4) is 0 Å². The Labute approximate surface area is 108 Å². The molecule has 1 fully saturated rings. The minimum absolute atomic E-state index is 0.687. The Hall–Kier alpha value is -1.56. The smallest absolute Gasteiger partial charge is 0.144 e. The van der Waals surface area contributed by atoms with E-state index in [2.05, 4.69) is 23.3 Å². The van der Waals surface area contributed by atoms with E-state index < -0.39 is 0 Å². The fourth-order valence-electron chi connectivity index (χ4n) is 2.78. The van der Waals surface area contributed by atoms with Crippen LogP contribution in [-0.2, 0) is 12.8 Å². The minimum Gasteiger partial charge on any atom is -0.369 e. The SMILES string of the molecule is CC(CNc1nc2c(cc1C#N)CCC2)C1CC1. The van der Waals surface area contributed by atoms with Crippen LogP contribution < -0.4 is 5.32 Å². The van der Waals surface area contributed by atoms with Crippen molar-refractivity contribution in [3.63, 3.8) is 0 Å². The number of aromatic nitrogens is 1. The summed E-state index contributed by atoms with van der Waals surface area (Å²) in [5.41, 5.74) is 3.17. The maximum Gasteiger partial charge on any atom is 0.144 e. The highest BCUT2D eigenvalue weighted by Gasteiger charge is 2.27. The van der Waals surface area contributed by atoms with E-state index in [0.717, 1.165) is 31.1 Å². The molecule has 1 saturated carbocycles. The van der Waals surface area contributed by atoms with Crippen LogP contribution in [0.4, 0.5) is 5.82 Å². The normalized spacial score (nSPS) is 19.1. The molecule has 0 saturated heterocycles. The lowest BCUT2D eigenvalue weighted by atomic mass is 10.1. The summed E-state index contributed by atoms with van der Waals surface area (Å²) in [6.07, 6.45) is 6.05. The number of anilines is 1. The van der Waals surface area contributed by atoms with Crippen molar-refractivity contribution in [2.45, 2.75) is 39.0 Å². The standard InChI is InChI=1S/C15H19N3/c1-10(11-5-6-11)9-17-15-13(8-16)7-12-3-2-4-14(12)18-15/h7,10-11H,2-6,9H2,1H3,(H,17,18). The summed E-state index contributed by atoms with van der Waals surface area (Å²) in [5, 5.41) is 12.6. The fraction of sp³-hybridized carbons (Fsp3) is 0.600. The van der Waals surface area contributed by atoms with Gasteiger partial charge in [0.2, 0.25) is 0 Å². The van der Waals surface area contributed by atoms with E-state index in [0.29, 0.717) is 11.5 Å². The Balaban J connectivity index is 1.76. The Kier molecular flexibility index (Phi) is 2.95. The summed E-state index contributed by atoms with van der Waals surface area (Å²) >= 11 is 0. The Morgan fingerprint density at radius 3 is 3.06 bits per heavy atom. The van der Waals surface area contributed by atoms with E-state index in [1.54, 1.807) is 0 Å². The predicted molar refractivity (Wildman–Crippen MR) is 71.4 cm³/mol. The van der Waals surface area contributed by atoms with Gasteiger partial charge in [0.25, 0.3) is 0 Å². The van der Waals surface area contributed by atoms with Crippen LogP contribution in [-0.4, -0.2) is 11.5 Å². The molecule has 0 radical (unpaired) electrons. The van der Waals surface area contributed by atoms with Gasteiger partial charge in [-0.25, -0.2) is 4.98 Å². The highest BCUT2D eigenvalue weighted by atomic mass is 15.0. The maximum atomic E-state index is 9.21. The van der Waals surface area contributed by atoms with Gasteiger partial charge in [-0.3, -0.25) is 0 Å². The van der Waals surface area contributed by atoms with Crippen molar-refractivity contribution < 1.29 is 0 Å². The van der Waals surface area contributed by atoms with Gasteiger partial charge in [0, 0.05) is 12.2 Å². The number of hydrogen-bond donors (Lipinski definition) is 1. The van der Waals surface area contributed by atoms with Crippen molar-refractivity contribution in [3.8, 4) is 6.07 Å². The molecule has 3 heteroatoms. The summed E-state index contributed by atoms with van der Waals surface area (Å²) in [6.45, 7) is 3.22. The Morgan fingerprint density at radius 1 is 1.50 bits per heavy atom. The van der Waals surface area contributed by atoms with Crippen molar-refractivity contribution in [2.75, 3.05) is 11.9 Å². The molecular weight excluding hydrogens is 222 g/mol. The topological polar surface area (TPSA) is 48.7 Å². The van der Waals surface area contributed by atoms with E-state index >= 15 is 0 Å². The lowest BCUT2D eigenvalue weighted by Crippen LogP contribution is -2.15. The molecule has 0 aliphatic heterocycles. The average Bonchev–Trinajstić information content (AvgIpc) is 3.14. The van der Waals surface area contributed by atoms with Crippen molar-refractivity contribution in [1.29, 1.82) is 5.26 Å². The molecule has 2 aliphatic rings. The first-order chi connectivity index (χ1) is 8.78. The number of nitrogens with zero attached hydrogens (tertiary/aromatic N) is 2. The second-order valence-corrected chi connectivity index (χ2v) is 5.65. The molecule has 1 atom stereocenters. The number of fused-ring (bicyclic) bond motifs is 1. The number of aryl methyl sites for hydroxylation is 2. The maximum absolute atomic E-state index is 9.21. The van der Waals surface area contributed by atoms with Gasteiger partial charge in [0.1, 0.15) is 11.9 Å². The van der Waals surface area contributed by atoms with Crippen LogP contribution >= 0.6 is 0 Å². The van der Waals surface area contributed by atoms with Crippen LogP contribution in [0.2, 0.25) is 0 Å². The highest BCUT2D eigenvalue weighted by molar-refractivity contribution is 5.55. The lowest BCUT2D eigenvalue weighted by Gasteiger charge is -2.14. The second kappa shape index (κ2) is 4.61. The number of nitriles is 1. The molecule has 94 valence electrons. The number of hydrogen-bond acceptors (Lipinski definition) is 3. The summed E-state index contributed by atoms with van der Waals surface area (Å²) in [6, 6.07) is 4.30. The van der Waals surface area contributed by atoms with Gasteiger partial charge < -0.3 is 5.32 Å². The van der Waals surface area contributed by atoms with Crippen molar-refractivity contribution in [1.82, 2.24) is 4.98 Å². The summed E-state index contributed by atoms with van der Waals surface area (Å²) in [7, 11) is 0. The predicted octanol–water partition coefficient (Wildman–Crippen LogP) is 2.90. The molecule has 0 aromatic carbocycles. The molecular formula is C15H19N3. The van der Waals surface area contributed by atoms with Crippen LogP contribution in [0.5, 0.6) is 0 Å². The molecule has 3 nitrogen and oxygen atoms in total. The number of rotatable bonds is 4. The van der Waals surface area contributed by atoms with Crippen LogP contribution in [0.15, 0.2) is 6.07 Å². The molecule has 1 aromatic heterocycles. The van der Waals surface area contributed by atoms with Gasteiger partial charge in [-0.05, 0) is 55.6 Å². The van der Waals surface area contributed by atoms with Crippen LogP contribution in [0.1, 0.15) is 43.0 Å². The van der Waals surface area contributed by atoms with E-state index in [-0.39, 0.29) is 0 Å². The largest absolute Gasteiger partial charge is 0.369 e. The van der Waals surface area contributed by atoms with Crippen LogP contribution in [0, 0.1) is 23.2 Å². The molecule has 1 aromatic rings. The van der Waals surface area contributed by atoms with Gasteiger partial charge >= 0.3 is 0 Å². The average molecular weight is 241 g/mol. The Bertz CT molecular complexity index is 497. The third kappa shape index (κ3) is 2.20. The van der Waals surface area contributed by atoms with Crippen molar-refractivity contribution in [3.05, 3.63) is 22.9 Å². The first-order valence-corrected chi connectivity index (χ1v) is 6.94. The molecule has 0 spiro atoms. The molecule has 1 N–H and O–H groups in total. The van der Waals surface area contributed by atoms with E-state index in [4.69, 9.17) is 0 Å². The molecule has 2 aliphatic carbocycles. The van der Waals surface area contributed by atoms with Gasteiger partial charge in [-0.15, -0.1) is 0 Å². The molecule has 1 unspecified atom stereocenters. The third-order valence-electron chi connectivity index (χ3n) is 4.19. The van der Waals surface area contributed by atoms with Gasteiger partial charge in [0.05, 0.1) is 5.56 Å². The van der Waals surface area contributed by atoms with Gasteiger partial charge in [0.15, 0.2) is 0 Å². The van der Waals surface area contributed by atoms with E-state index in [9.17, 15) is 5.26 Å². The number of nitrogens with one attached hydrogen (secondary N) is 1. The van der Waals surface area contributed by atoms with Crippen molar-refractivity contribution >= 4 is 5.82 Å². The zero-order chi connectivity index (χ0) is 12.5. The van der Waals surface area contributed by atoms with Gasteiger partial charge in [-0.1, -0.05) is 6.92 Å². The summed E-state index contributed by atoms with van der Waals surface area (Å²) < 4.78 is 0. The first-order valence-electron chi connectivity index (χ1n) is 6.94. The third-order valence-corrected chi connectivity index (χ3v) is 4.19. The van der Waals surface area contributed by atoms with Gasteiger partial charge in [-0.2, -0.15) is 5.26 Å². The second-order valence-electron chi connectivity index (χ2n) is 5.65. The number of pyridine rings is 1. The monoisotopic (exact) mass is 241 g/mol. The summed E-state index contributed by atoms with van der Waals surface area (Å²) in [4.78, 5) is 4.64. The minimum atomic E-state index is 0.687. The highest BCUT2D eigenvalue weighted by Crippen LogP contribution is 2.36. The first kappa shape index (κ1) is 11.5. The Morgan fingerprint density at radius 2 is 2.33 bits per heavy atom. The molecule has 3 rings (SSSR count). The van der Waals surface area contributed by atoms with E-state index in [1.165, 1.54) is 30.5 Å². The van der Waals surface area contributed by atoms with Crippen molar-refractivity contribution in [2.24, 2.45) is 11.8 Å². The van der Waals surface area contributed by atoms with E-state index in [1.807, 2.05) is 6.07 Å². The molecule has 1 heterocycles. The zero-order valence-corrected chi connectivity index (χ0v) is 10.9. The fourth-order valence-corrected chi connectivity index (χ4v) is 2.78. The molecule has 18 heavy (non-hydrogen) atoms. The van der Waals surface area contributed by atoms with Crippen LogP contribution in [0.25, 0.3) is 0 Å². The molecule has 0 bridgehead atoms. The molecule has 0 amide bonds.